The fourth-order valence-electron chi connectivity index (χ4n) is 2.21. The molecule has 1 saturated heterocycles. The molecule has 0 aliphatic carbocycles. The summed E-state index contributed by atoms with van der Waals surface area (Å²) in [6, 6.07) is 0. The second-order valence-corrected chi connectivity index (χ2v) is 4.11. The summed E-state index contributed by atoms with van der Waals surface area (Å²) in [6.45, 7) is 5.40. The summed E-state index contributed by atoms with van der Waals surface area (Å²) in [4.78, 5) is 35.6. The molecule has 1 amide bonds. The highest BCUT2D eigenvalue weighted by Crippen LogP contribution is 2.33. The van der Waals surface area contributed by atoms with Crippen molar-refractivity contribution < 1.29 is 23.9 Å². The van der Waals surface area contributed by atoms with Crippen LogP contribution in [-0.2, 0) is 23.9 Å². The zero-order chi connectivity index (χ0) is 13.8. The van der Waals surface area contributed by atoms with Gasteiger partial charge in [-0.05, 0) is 20.3 Å². The molecule has 0 aromatic rings. The summed E-state index contributed by atoms with van der Waals surface area (Å²) >= 11 is 0. The summed E-state index contributed by atoms with van der Waals surface area (Å²) in [5.41, 5.74) is -1.67. The molecule has 0 radical (unpaired) electrons. The van der Waals surface area contributed by atoms with E-state index in [0.717, 1.165) is 0 Å². The largest absolute Gasteiger partial charge is 0.464 e. The highest BCUT2D eigenvalue weighted by atomic mass is 16.6. The quantitative estimate of drug-likeness (QED) is 0.569. The number of ether oxygens (including phenoxy) is 2. The smallest absolute Gasteiger partial charge is 0.344 e. The highest BCUT2D eigenvalue weighted by molar-refractivity contribution is 6.10. The van der Waals surface area contributed by atoms with Crippen molar-refractivity contribution in [2.75, 3.05) is 13.2 Å². The highest BCUT2D eigenvalue weighted by Gasteiger charge is 2.59. The van der Waals surface area contributed by atoms with Crippen LogP contribution in [0.1, 0.15) is 33.6 Å². The number of nitrogens with one attached hydrogen (secondary N) is 1. The van der Waals surface area contributed by atoms with Gasteiger partial charge in [0.25, 0.3) is 0 Å². The molecule has 6 heteroatoms. The minimum absolute atomic E-state index is 0.133. The van der Waals surface area contributed by atoms with Crippen molar-refractivity contribution in [3.8, 4) is 0 Å². The normalized spacial score (nSPS) is 21.3. The number of hydrogen-bond donors (Lipinski definition) is 1. The van der Waals surface area contributed by atoms with E-state index in [1.807, 2.05) is 6.92 Å². The van der Waals surface area contributed by atoms with Crippen LogP contribution >= 0.6 is 0 Å². The molecular formula is C12H19NO5. The fourth-order valence-corrected chi connectivity index (χ4v) is 2.21. The molecule has 18 heavy (non-hydrogen) atoms. The zero-order valence-corrected chi connectivity index (χ0v) is 10.9. The van der Waals surface area contributed by atoms with E-state index in [1.54, 1.807) is 13.8 Å². The van der Waals surface area contributed by atoms with Crippen LogP contribution in [0.2, 0.25) is 0 Å². The maximum Gasteiger partial charge on any atom is 0.344 e. The van der Waals surface area contributed by atoms with Gasteiger partial charge >= 0.3 is 11.9 Å². The maximum atomic E-state index is 12.1. The summed E-state index contributed by atoms with van der Waals surface area (Å²) < 4.78 is 9.85. The third-order valence-electron chi connectivity index (χ3n) is 3.07. The third kappa shape index (κ3) is 2.32. The van der Waals surface area contributed by atoms with Gasteiger partial charge < -0.3 is 14.8 Å². The van der Waals surface area contributed by atoms with Gasteiger partial charge in [0, 0.05) is 12.3 Å². The molecule has 0 unspecified atom stereocenters. The second kappa shape index (κ2) is 5.84. The summed E-state index contributed by atoms with van der Waals surface area (Å²) in [5, 5.41) is 2.45. The Labute approximate surface area is 106 Å². The molecule has 0 bridgehead atoms. The minimum Gasteiger partial charge on any atom is -0.464 e. The molecule has 6 nitrogen and oxygen atoms in total. The summed E-state index contributed by atoms with van der Waals surface area (Å²) in [7, 11) is 0. The maximum absolute atomic E-state index is 12.1. The van der Waals surface area contributed by atoms with Crippen molar-refractivity contribution in [3.05, 3.63) is 0 Å². The van der Waals surface area contributed by atoms with E-state index >= 15 is 0 Å². The molecule has 1 aliphatic rings. The van der Waals surface area contributed by atoms with E-state index in [2.05, 4.69) is 5.32 Å². The van der Waals surface area contributed by atoms with Crippen molar-refractivity contribution in [1.82, 2.24) is 5.32 Å². The Balaban J connectivity index is 3.11. The van der Waals surface area contributed by atoms with E-state index in [4.69, 9.17) is 9.47 Å². The lowest BCUT2D eigenvalue weighted by molar-refractivity contribution is -0.168. The Morgan fingerprint density at radius 3 is 2.11 bits per heavy atom. The van der Waals surface area contributed by atoms with Crippen molar-refractivity contribution in [2.45, 2.75) is 39.2 Å². The topological polar surface area (TPSA) is 81.7 Å². The van der Waals surface area contributed by atoms with Crippen LogP contribution in [0.5, 0.6) is 0 Å². The molecule has 1 aliphatic heterocycles. The molecule has 1 rings (SSSR count). The number of carbonyl (C=O) groups is 3. The molecular weight excluding hydrogens is 238 g/mol. The first-order chi connectivity index (χ1) is 8.52. The molecule has 1 heterocycles. The third-order valence-corrected chi connectivity index (χ3v) is 3.07. The van der Waals surface area contributed by atoms with Crippen LogP contribution in [-0.4, -0.2) is 36.6 Å². The van der Waals surface area contributed by atoms with Crippen LogP contribution in [0, 0.1) is 5.92 Å². The van der Waals surface area contributed by atoms with E-state index in [9.17, 15) is 14.4 Å². The number of carbonyl (C=O) groups excluding carboxylic acids is 3. The zero-order valence-electron chi connectivity index (χ0n) is 10.9. The first-order valence-electron chi connectivity index (χ1n) is 6.18. The Kier molecular flexibility index (Phi) is 4.69. The Morgan fingerprint density at radius 1 is 1.22 bits per heavy atom. The van der Waals surface area contributed by atoms with Gasteiger partial charge in [0.1, 0.15) is 0 Å². The lowest BCUT2D eigenvalue weighted by Crippen LogP contribution is -2.60. The van der Waals surface area contributed by atoms with Gasteiger partial charge in [-0.15, -0.1) is 0 Å². The summed E-state index contributed by atoms with van der Waals surface area (Å²) in [6.07, 6.45) is 0.643. The second-order valence-electron chi connectivity index (χ2n) is 4.11. The van der Waals surface area contributed by atoms with E-state index in [1.165, 1.54) is 0 Å². The molecule has 1 fully saturated rings. The SMILES string of the molecule is CCOC(=O)C1(C(=O)OCC)NC(=O)C[C@H]1CC. The van der Waals surface area contributed by atoms with Gasteiger partial charge in [-0.2, -0.15) is 0 Å². The van der Waals surface area contributed by atoms with Crippen molar-refractivity contribution in [2.24, 2.45) is 5.92 Å². The lowest BCUT2D eigenvalue weighted by atomic mass is 9.83. The van der Waals surface area contributed by atoms with Crippen LogP contribution in [0.3, 0.4) is 0 Å². The van der Waals surface area contributed by atoms with Gasteiger partial charge in [-0.25, -0.2) is 9.59 Å². The van der Waals surface area contributed by atoms with Gasteiger partial charge in [0.15, 0.2) is 0 Å². The molecule has 0 spiro atoms. The Bertz CT molecular complexity index is 334. The monoisotopic (exact) mass is 257 g/mol. The molecule has 102 valence electrons. The number of rotatable bonds is 5. The standard InChI is InChI=1S/C12H19NO5/c1-4-8-7-9(14)13-12(8,10(15)17-5-2)11(16)18-6-3/h8H,4-7H2,1-3H3,(H,13,14)/t8-/m1/s1. The predicted molar refractivity (Wildman–Crippen MR) is 62.5 cm³/mol. The number of esters is 2. The van der Waals surface area contributed by atoms with Gasteiger partial charge in [-0.3, -0.25) is 4.79 Å². The average Bonchev–Trinajstić information content (AvgIpc) is 2.68. The van der Waals surface area contributed by atoms with Crippen molar-refractivity contribution in [1.29, 1.82) is 0 Å². The Morgan fingerprint density at radius 2 is 1.72 bits per heavy atom. The van der Waals surface area contributed by atoms with Gasteiger partial charge in [-0.1, -0.05) is 6.92 Å². The lowest BCUT2D eigenvalue weighted by Gasteiger charge is -2.29. The molecule has 1 N–H and O–H groups in total. The van der Waals surface area contributed by atoms with Crippen LogP contribution in [0.25, 0.3) is 0 Å². The van der Waals surface area contributed by atoms with Crippen LogP contribution in [0.15, 0.2) is 0 Å². The first kappa shape index (κ1) is 14.5. The van der Waals surface area contributed by atoms with Crippen LogP contribution < -0.4 is 5.32 Å². The van der Waals surface area contributed by atoms with Gasteiger partial charge in [0.05, 0.1) is 13.2 Å². The van der Waals surface area contributed by atoms with Crippen molar-refractivity contribution >= 4 is 17.8 Å². The van der Waals surface area contributed by atoms with E-state index in [0.29, 0.717) is 6.42 Å². The fraction of sp³-hybridized carbons (Fsp3) is 0.750. The van der Waals surface area contributed by atoms with Gasteiger partial charge in [0.2, 0.25) is 11.4 Å². The average molecular weight is 257 g/mol. The molecule has 1 atom stereocenters. The molecule has 0 aromatic heterocycles. The Hall–Kier alpha value is -1.59. The van der Waals surface area contributed by atoms with E-state index < -0.39 is 23.4 Å². The van der Waals surface area contributed by atoms with Crippen LogP contribution in [0.4, 0.5) is 0 Å². The summed E-state index contributed by atoms with van der Waals surface area (Å²) in [5.74, 6) is -2.23. The van der Waals surface area contributed by atoms with Crippen molar-refractivity contribution in [3.63, 3.8) is 0 Å². The van der Waals surface area contributed by atoms with E-state index in [-0.39, 0.29) is 25.5 Å². The molecule has 0 aromatic carbocycles. The predicted octanol–water partition coefficient (Wildman–Crippen LogP) is 0.397. The number of hydrogen-bond acceptors (Lipinski definition) is 5. The number of amides is 1. The minimum atomic E-state index is -1.67. The first-order valence-corrected chi connectivity index (χ1v) is 6.18. The molecule has 0 saturated carbocycles.